The Morgan fingerprint density at radius 3 is 1.80 bits per heavy atom. The molecule has 7 aromatic rings. The van der Waals surface area contributed by atoms with Gasteiger partial charge in [0, 0.05) is 27.5 Å². The van der Waals surface area contributed by atoms with Gasteiger partial charge in [-0.05, 0) is 71.4 Å². The highest BCUT2D eigenvalue weighted by Crippen LogP contribution is 2.45. The number of para-hydroxylation sites is 1. The molecule has 0 N–H and O–H groups in total. The third-order valence-corrected chi connectivity index (χ3v) is 10.8. The van der Waals surface area contributed by atoms with Gasteiger partial charge in [0.15, 0.2) is 23.1 Å². The van der Waals surface area contributed by atoms with Gasteiger partial charge < -0.3 is 4.42 Å². The molecule has 50 heavy (non-hydrogen) atoms. The number of rotatable bonds is 6. The number of hydrogen-bond acceptors (Lipinski definition) is 5. The summed E-state index contributed by atoms with van der Waals surface area (Å²) in [6.45, 7) is 7.21. The molecule has 1 fully saturated rings. The Bertz CT molecular complexity index is 2340. The van der Waals surface area contributed by atoms with Crippen LogP contribution in [0.2, 0.25) is 0 Å². The van der Waals surface area contributed by atoms with Crippen LogP contribution >= 0.6 is 0 Å². The fourth-order valence-corrected chi connectivity index (χ4v) is 8.12. The highest BCUT2D eigenvalue weighted by molar-refractivity contribution is 6.07. The minimum Gasteiger partial charge on any atom is -0.455 e. The summed E-state index contributed by atoms with van der Waals surface area (Å²) in [5.74, 6) is 3.44. The number of furan rings is 1. The van der Waals surface area contributed by atoms with Crippen LogP contribution in [0.4, 0.5) is 0 Å². The van der Waals surface area contributed by atoms with Crippen LogP contribution in [0.25, 0.3) is 67.2 Å². The van der Waals surface area contributed by atoms with Crippen molar-refractivity contribution in [2.75, 3.05) is 0 Å². The van der Waals surface area contributed by atoms with Crippen LogP contribution in [-0.4, -0.2) is 15.0 Å². The first-order chi connectivity index (χ1) is 24.4. The van der Waals surface area contributed by atoms with E-state index in [0.717, 1.165) is 62.4 Å². The van der Waals surface area contributed by atoms with E-state index in [9.17, 15) is 5.26 Å². The van der Waals surface area contributed by atoms with Gasteiger partial charge in [0.1, 0.15) is 11.7 Å². The molecule has 0 radical (unpaired) electrons. The molecule has 5 nitrogen and oxygen atoms in total. The topological polar surface area (TPSA) is 75.6 Å². The molecule has 0 spiro atoms. The first-order valence-corrected chi connectivity index (χ1v) is 17.8. The van der Waals surface area contributed by atoms with E-state index in [2.05, 4.69) is 87.5 Å². The summed E-state index contributed by atoms with van der Waals surface area (Å²) in [6.07, 6.45) is 6.27. The Balaban J connectivity index is 1.15. The molecule has 0 bridgehead atoms. The Labute approximate surface area is 293 Å². The molecule has 5 heteroatoms. The van der Waals surface area contributed by atoms with Crippen LogP contribution in [0.3, 0.4) is 0 Å². The lowest BCUT2D eigenvalue weighted by atomic mass is 9.69. The molecule has 8 rings (SSSR count). The highest BCUT2D eigenvalue weighted by atomic mass is 16.3. The van der Waals surface area contributed by atoms with Crippen molar-refractivity contribution in [3.8, 4) is 51.4 Å². The molecular weight excluding hydrogens is 613 g/mol. The molecule has 1 aliphatic carbocycles. The van der Waals surface area contributed by atoms with Gasteiger partial charge in [-0.2, -0.15) is 5.26 Å². The number of hydrogen-bond donors (Lipinski definition) is 0. The van der Waals surface area contributed by atoms with E-state index in [4.69, 9.17) is 19.4 Å². The van der Waals surface area contributed by atoms with Crippen LogP contribution in [0.1, 0.15) is 64.0 Å². The molecule has 2 aromatic heterocycles. The van der Waals surface area contributed by atoms with E-state index in [1.165, 1.54) is 31.2 Å². The summed E-state index contributed by atoms with van der Waals surface area (Å²) in [6, 6.07) is 41.7. The molecule has 246 valence electrons. The first kappa shape index (κ1) is 31.7. The Morgan fingerprint density at radius 1 is 0.640 bits per heavy atom. The average Bonchev–Trinajstić information content (AvgIpc) is 3.47. The van der Waals surface area contributed by atoms with Gasteiger partial charge in [-0.25, -0.2) is 15.0 Å². The third-order valence-electron chi connectivity index (χ3n) is 10.8. The number of benzene rings is 5. The van der Waals surface area contributed by atoms with Gasteiger partial charge in [-0.1, -0.05) is 131 Å². The molecule has 1 saturated carbocycles. The quantitative estimate of drug-likeness (QED) is 0.167. The van der Waals surface area contributed by atoms with E-state index in [1.807, 2.05) is 48.5 Å². The summed E-state index contributed by atoms with van der Waals surface area (Å²) >= 11 is 0. The number of nitriles is 1. The minimum absolute atomic E-state index is 0.212. The first-order valence-electron chi connectivity index (χ1n) is 17.8. The molecular formula is C45H40N4O. The smallest absolute Gasteiger partial charge is 0.164 e. The largest absolute Gasteiger partial charge is 0.455 e. The van der Waals surface area contributed by atoms with Gasteiger partial charge in [0.05, 0.1) is 5.56 Å². The van der Waals surface area contributed by atoms with E-state index in [-0.39, 0.29) is 5.41 Å². The van der Waals surface area contributed by atoms with Crippen LogP contribution < -0.4 is 0 Å². The molecule has 1 aliphatic rings. The zero-order chi connectivity index (χ0) is 34.2. The maximum absolute atomic E-state index is 9.56. The number of aromatic nitrogens is 3. The summed E-state index contributed by atoms with van der Waals surface area (Å²) in [4.78, 5) is 15.0. The number of fused-ring (bicyclic) bond motifs is 3. The second kappa shape index (κ2) is 13.0. The lowest BCUT2D eigenvalue weighted by Gasteiger charge is -2.35. The minimum atomic E-state index is 0.212. The second-order valence-corrected chi connectivity index (χ2v) is 14.3. The predicted molar refractivity (Wildman–Crippen MR) is 202 cm³/mol. The fraction of sp³-hybridized carbons (Fsp3) is 0.244. The van der Waals surface area contributed by atoms with Gasteiger partial charge in [-0.3, -0.25) is 0 Å². The van der Waals surface area contributed by atoms with E-state index in [1.54, 1.807) is 6.07 Å². The summed E-state index contributed by atoms with van der Waals surface area (Å²) in [7, 11) is 0. The van der Waals surface area contributed by atoms with Crippen molar-refractivity contribution in [3.05, 3.63) is 126 Å². The van der Waals surface area contributed by atoms with Crippen molar-refractivity contribution in [2.24, 2.45) is 11.8 Å². The van der Waals surface area contributed by atoms with Crippen LogP contribution in [0.15, 0.2) is 120 Å². The van der Waals surface area contributed by atoms with Gasteiger partial charge >= 0.3 is 0 Å². The van der Waals surface area contributed by atoms with Crippen molar-refractivity contribution in [2.45, 2.75) is 58.3 Å². The number of nitrogens with zero attached hydrogens (tertiary/aromatic N) is 4. The SMILES string of the molecule is CCC1(c2ccc(-c3nc(-c4ccccc4)nc(-c4ccc(-c5ccc6oc7c(C#N)cccc7c6c5)cc4)n3)cc2)C[C@H](C)CC[C@H](C)C1. The maximum Gasteiger partial charge on any atom is 0.164 e. The molecule has 3 atom stereocenters. The monoisotopic (exact) mass is 652 g/mol. The molecule has 2 heterocycles. The van der Waals surface area contributed by atoms with E-state index < -0.39 is 0 Å². The highest BCUT2D eigenvalue weighted by Gasteiger charge is 2.36. The predicted octanol–water partition coefficient (Wildman–Crippen LogP) is 11.8. The van der Waals surface area contributed by atoms with E-state index >= 15 is 0 Å². The molecule has 0 aliphatic heterocycles. The molecule has 5 aromatic carbocycles. The Morgan fingerprint density at radius 2 is 1.20 bits per heavy atom. The van der Waals surface area contributed by atoms with Crippen LogP contribution in [0, 0.1) is 23.2 Å². The zero-order valence-electron chi connectivity index (χ0n) is 28.9. The molecule has 0 amide bonds. The van der Waals surface area contributed by atoms with Gasteiger partial charge in [-0.15, -0.1) is 0 Å². The lowest BCUT2D eigenvalue weighted by Crippen LogP contribution is -2.28. The third kappa shape index (κ3) is 5.86. The molecule has 1 unspecified atom stereocenters. The second-order valence-electron chi connectivity index (χ2n) is 14.3. The zero-order valence-corrected chi connectivity index (χ0v) is 28.9. The van der Waals surface area contributed by atoms with Crippen LogP contribution in [0.5, 0.6) is 0 Å². The van der Waals surface area contributed by atoms with Crippen LogP contribution in [-0.2, 0) is 5.41 Å². The maximum atomic E-state index is 9.56. The normalized spacial score (nSPS) is 19.3. The van der Waals surface area contributed by atoms with Crippen molar-refractivity contribution in [3.63, 3.8) is 0 Å². The standard InChI is InChI=1S/C45H40N4O/c1-4-45(26-29(2)13-14-30(3)27-45)37-22-19-34(20-23-37)44-48-42(32-9-6-5-7-10-32)47-43(49-44)33-17-15-31(16-18-33)35-21-24-40-39(25-35)38-12-8-11-36(28-46)41(38)50-40/h5-12,15-25,29-30H,4,13-14,26-27H2,1-3H3/t29-,30+,45?. The van der Waals surface area contributed by atoms with Crippen molar-refractivity contribution in [1.82, 2.24) is 15.0 Å². The lowest BCUT2D eigenvalue weighted by molar-refractivity contribution is 0.295. The summed E-state index contributed by atoms with van der Waals surface area (Å²) < 4.78 is 6.05. The van der Waals surface area contributed by atoms with E-state index in [0.29, 0.717) is 28.6 Å². The molecule has 0 saturated heterocycles. The van der Waals surface area contributed by atoms with Crippen molar-refractivity contribution < 1.29 is 4.42 Å². The summed E-state index contributed by atoms with van der Waals surface area (Å²) in [5, 5.41) is 11.5. The van der Waals surface area contributed by atoms with Crippen molar-refractivity contribution >= 4 is 21.9 Å². The summed E-state index contributed by atoms with van der Waals surface area (Å²) in [5.41, 5.74) is 8.60. The van der Waals surface area contributed by atoms with Crippen molar-refractivity contribution in [1.29, 1.82) is 5.26 Å². The Kier molecular flexibility index (Phi) is 8.25. The average molecular weight is 653 g/mol. The van der Waals surface area contributed by atoms with Gasteiger partial charge in [0.2, 0.25) is 0 Å². The Hall–Kier alpha value is -5.60. The van der Waals surface area contributed by atoms with Gasteiger partial charge in [0.25, 0.3) is 0 Å². The fourth-order valence-electron chi connectivity index (χ4n) is 8.12.